The molecule has 0 saturated heterocycles. The van der Waals surface area contributed by atoms with E-state index in [1.165, 1.54) is 62.8 Å². The lowest BCUT2D eigenvalue weighted by molar-refractivity contribution is -0.134. The Morgan fingerprint density at radius 1 is 1.00 bits per heavy atom. The van der Waals surface area contributed by atoms with E-state index in [1.807, 2.05) is 24.3 Å². The van der Waals surface area contributed by atoms with Gasteiger partial charge in [0.15, 0.2) is 0 Å². The fourth-order valence-electron chi connectivity index (χ4n) is 6.37. The third kappa shape index (κ3) is 5.00. The highest BCUT2D eigenvalue weighted by Gasteiger charge is 2.50. The molecule has 0 heterocycles. The standard InChI is InChI=1S/C32H39NO3/c1-23(2)25-10-12-27(13-11-25)32-18-15-31(16-19-32,17-20-32)22-33(30(35)26-8-9-26)28-6-4-5-24(21-28)7-14-29(34)36-3/h4-7,10-14,21,23,26H,8-9,15-20,22H2,1-3H3/b14-7+. The van der Waals surface area contributed by atoms with Gasteiger partial charge in [0, 0.05) is 24.2 Å². The van der Waals surface area contributed by atoms with Crippen molar-refractivity contribution >= 4 is 23.6 Å². The molecule has 0 aromatic heterocycles. The average molecular weight is 486 g/mol. The molecule has 0 unspecified atom stereocenters. The summed E-state index contributed by atoms with van der Waals surface area (Å²) in [5.41, 5.74) is 5.27. The number of carbonyl (C=O) groups is 2. The van der Waals surface area contributed by atoms with Gasteiger partial charge in [0.25, 0.3) is 0 Å². The summed E-state index contributed by atoms with van der Waals surface area (Å²) >= 11 is 0. The molecule has 4 aliphatic carbocycles. The number of benzene rings is 2. The summed E-state index contributed by atoms with van der Waals surface area (Å²) in [6.45, 7) is 5.31. The molecule has 6 rings (SSSR count). The lowest BCUT2D eigenvalue weighted by Crippen LogP contribution is -2.51. The Morgan fingerprint density at radius 3 is 2.25 bits per heavy atom. The van der Waals surface area contributed by atoms with Gasteiger partial charge < -0.3 is 9.64 Å². The van der Waals surface area contributed by atoms with Gasteiger partial charge in [-0.25, -0.2) is 4.79 Å². The van der Waals surface area contributed by atoms with Crippen LogP contribution in [0, 0.1) is 11.3 Å². The molecule has 2 aromatic carbocycles. The number of hydrogen-bond donors (Lipinski definition) is 0. The Bertz CT molecular complexity index is 1120. The van der Waals surface area contributed by atoms with E-state index in [0.29, 0.717) is 11.3 Å². The quantitative estimate of drug-likeness (QED) is 0.298. The van der Waals surface area contributed by atoms with Crippen molar-refractivity contribution < 1.29 is 14.3 Å². The third-order valence-corrected chi connectivity index (χ3v) is 9.07. The fourth-order valence-corrected chi connectivity index (χ4v) is 6.37. The van der Waals surface area contributed by atoms with Crippen molar-refractivity contribution in [3.8, 4) is 0 Å². The van der Waals surface area contributed by atoms with Crippen molar-refractivity contribution in [3.63, 3.8) is 0 Å². The van der Waals surface area contributed by atoms with Crippen LogP contribution in [-0.2, 0) is 19.7 Å². The Labute approximate surface area is 215 Å². The zero-order valence-corrected chi connectivity index (χ0v) is 22.0. The molecule has 4 heteroatoms. The zero-order valence-electron chi connectivity index (χ0n) is 22.0. The normalized spacial score (nSPS) is 25.3. The van der Waals surface area contributed by atoms with Crippen molar-refractivity contribution in [2.75, 3.05) is 18.6 Å². The highest BCUT2D eigenvalue weighted by atomic mass is 16.5. The van der Waals surface area contributed by atoms with Crippen LogP contribution in [0.5, 0.6) is 0 Å². The molecular formula is C32H39NO3. The summed E-state index contributed by atoms with van der Waals surface area (Å²) in [7, 11) is 1.38. The number of fused-ring (bicyclic) bond motifs is 3. The number of hydrogen-bond acceptors (Lipinski definition) is 3. The fraction of sp³-hybridized carbons (Fsp3) is 0.500. The minimum Gasteiger partial charge on any atom is -0.466 e. The van der Waals surface area contributed by atoms with Gasteiger partial charge in [0.1, 0.15) is 0 Å². The molecule has 2 aromatic rings. The molecule has 4 saturated carbocycles. The second-order valence-electron chi connectivity index (χ2n) is 11.7. The molecule has 0 spiro atoms. The second kappa shape index (κ2) is 9.88. The van der Waals surface area contributed by atoms with Crippen LogP contribution in [0.2, 0.25) is 0 Å². The number of esters is 1. The number of amides is 1. The highest BCUT2D eigenvalue weighted by molar-refractivity contribution is 5.97. The molecule has 4 fully saturated rings. The van der Waals surface area contributed by atoms with Crippen LogP contribution in [-0.4, -0.2) is 25.5 Å². The molecule has 0 radical (unpaired) electrons. The van der Waals surface area contributed by atoms with Crippen LogP contribution in [0.4, 0.5) is 5.69 Å². The zero-order chi connectivity index (χ0) is 25.3. The molecule has 0 atom stereocenters. The second-order valence-corrected chi connectivity index (χ2v) is 11.7. The average Bonchev–Trinajstić information content (AvgIpc) is 3.77. The summed E-state index contributed by atoms with van der Waals surface area (Å²) in [5, 5.41) is 0. The minimum absolute atomic E-state index is 0.168. The van der Waals surface area contributed by atoms with Gasteiger partial charge in [0.2, 0.25) is 5.91 Å². The van der Waals surface area contributed by atoms with E-state index in [1.54, 1.807) is 6.08 Å². The predicted molar refractivity (Wildman–Crippen MR) is 145 cm³/mol. The van der Waals surface area contributed by atoms with Crippen molar-refractivity contribution in [1.29, 1.82) is 0 Å². The highest BCUT2D eigenvalue weighted by Crippen LogP contribution is 2.58. The van der Waals surface area contributed by atoms with E-state index in [9.17, 15) is 9.59 Å². The SMILES string of the molecule is COC(=O)/C=C/c1cccc(N(CC23CCC(c4ccc(C(C)C)cc4)(CC2)CC3)C(=O)C2CC2)c1. The van der Waals surface area contributed by atoms with Crippen LogP contribution < -0.4 is 4.90 Å². The Kier molecular flexibility index (Phi) is 6.80. The number of nitrogens with zero attached hydrogens (tertiary/aromatic N) is 1. The van der Waals surface area contributed by atoms with Gasteiger partial charge in [-0.1, -0.05) is 50.2 Å². The van der Waals surface area contributed by atoms with Crippen LogP contribution in [0.15, 0.2) is 54.6 Å². The largest absolute Gasteiger partial charge is 0.466 e. The van der Waals surface area contributed by atoms with Crippen LogP contribution >= 0.6 is 0 Å². The van der Waals surface area contributed by atoms with Crippen molar-refractivity contribution in [3.05, 3.63) is 71.3 Å². The molecule has 2 bridgehead atoms. The first-order chi connectivity index (χ1) is 17.3. The molecule has 4 nitrogen and oxygen atoms in total. The van der Waals surface area contributed by atoms with E-state index in [0.717, 1.165) is 30.6 Å². The Balaban J connectivity index is 1.34. The van der Waals surface area contributed by atoms with Gasteiger partial charge in [-0.3, -0.25) is 4.79 Å². The maximum absolute atomic E-state index is 13.5. The summed E-state index contributed by atoms with van der Waals surface area (Å²) in [6, 6.07) is 17.4. The molecule has 4 aliphatic rings. The van der Waals surface area contributed by atoms with E-state index in [4.69, 9.17) is 4.74 Å². The van der Waals surface area contributed by atoms with Gasteiger partial charge in [-0.05, 0) is 103 Å². The first-order valence-electron chi connectivity index (χ1n) is 13.6. The van der Waals surface area contributed by atoms with E-state index in [-0.39, 0.29) is 23.2 Å². The topological polar surface area (TPSA) is 46.6 Å². The Morgan fingerprint density at radius 2 is 1.67 bits per heavy atom. The van der Waals surface area contributed by atoms with Crippen LogP contribution in [0.3, 0.4) is 0 Å². The van der Waals surface area contributed by atoms with E-state index in [2.05, 4.69) is 43.0 Å². The number of carbonyl (C=O) groups excluding carboxylic acids is 2. The number of anilines is 1. The predicted octanol–water partition coefficient (Wildman–Crippen LogP) is 7.03. The van der Waals surface area contributed by atoms with Gasteiger partial charge in [0.05, 0.1) is 7.11 Å². The van der Waals surface area contributed by atoms with Gasteiger partial charge in [-0.2, -0.15) is 0 Å². The molecule has 36 heavy (non-hydrogen) atoms. The first kappa shape index (κ1) is 24.8. The van der Waals surface area contributed by atoms with Gasteiger partial charge >= 0.3 is 5.97 Å². The molecule has 0 aliphatic heterocycles. The van der Waals surface area contributed by atoms with Crippen molar-refractivity contribution in [2.24, 2.45) is 11.3 Å². The molecule has 0 N–H and O–H groups in total. The van der Waals surface area contributed by atoms with Crippen molar-refractivity contribution in [2.45, 2.75) is 76.5 Å². The number of ether oxygens (including phenoxy) is 1. The Hall–Kier alpha value is -2.88. The summed E-state index contributed by atoms with van der Waals surface area (Å²) in [6.07, 6.45) is 12.3. The van der Waals surface area contributed by atoms with Crippen LogP contribution in [0.1, 0.15) is 87.8 Å². The molecule has 1 amide bonds. The maximum Gasteiger partial charge on any atom is 0.330 e. The summed E-state index contributed by atoms with van der Waals surface area (Å²) in [4.78, 5) is 27.1. The molecular weight excluding hydrogens is 446 g/mol. The van der Waals surface area contributed by atoms with Gasteiger partial charge in [-0.15, -0.1) is 0 Å². The third-order valence-electron chi connectivity index (χ3n) is 9.07. The van der Waals surface area contributed by atoms with Crippen LogP contribution in [0.25, 0.3) is 6.08 Å². The lowest BCUT2D eigenvalue weighted by Gasteiger charge is -2.55. The minimum atomic E-state index is -0.378. The molecule has 190 valence electrons. The van der Waals surface area contributed by atoms with E-state index < -0.39 is 0 Å². The lowest BCUT2D eigenvalue weighted by atomic mass is 9.51. The van der Waals surface area contributed by atoms with Crippen molar-refractivity contribution in [1.82, 2.24) is 0 Å². The maximum atomic E-state index is 13.5. The first-order valence-corrected chi connectivity index (χ1v) is 13.6. The van der Waals surface area contributed by atoms with E-state index >= 15 is 0 Å². The smallest absolute Gasteiger partial charge is 0.330 e. The number of methoxy groups -OCH3 is 1. The number of rotatable bonds is 8. The monoisotopic (exact) mass is 485 g/mol. The summed E-state index contributed by atoms with van der Waals surface area (Å²) < 4.78 is 4.73. The summed E-state index contributed by atoms with van der Waals surface area (Å²) in [5.74, 6) is 0.620.